The van der Waals surface area contributed by atoms with E-state index in [-0.39, 0.29) is 11.3 Å². The lowest BCUT2D eigenvalue weighted by Gasteiger charge is -2.24. The van der Waals surface area contributed by atoms with Gasteiger partial charge in [-0.3, -0.25) is 0 Å². The molecule has 0 amide bonds. The largest absolute Gasteiger partial charge is 0.494 e. The second-order valence-corrected chi connectivity index (χ2v) is 4.41. The Morgan fingerprint density at radius 2 is 2.00 bits per heavy atom. The van der Waals surface area contributed by atoms with E-state index < -0.39 is 17.2 Å². The number of hydrogen-bond donors (Lipinski definition) is 0. The van der Waals surface area contributed by atoms with Crippen molar-refractivity contribution in [3.05, 3.63) is 29.3 Å². The average molecular weight is 253 g/mol. The SMILES string of the molecule is COc1cc(F)cc(C2(N=C=O)CCCC2)c1F. The van der Waals surface area contributed by atoms with E-state index in [0.29, 0.717) is 12.8 Å². The molecule has 0 heterocycles. The monoisotopic (exact) mass is 253 g/mol. The smallest absolute Gasteiger partial charge is 0.235 e. The molecule has 0 unspecified atom stereocenters. The number of ether oxygens (including phenoxy) is 1. The van der Waals surface area contributed by atoms with Gasteiger partial charge in [0.2, 0.25) is 6.08 Å². The number of halogens is 2. The minimum Gasteiger partial charge on any atom is -0.494 e. The van der Waals surface area contributed by atoms with Gasteiger partial charge < -0.3 is 4.74 Å². The molecule has 1 aliphatic carbocycles. The summed E-state index contributed by atoms with van der Waals surface area (Å²) in [4.78, 5) is 14.3. The van der Waals surface area contributed by atoms with Crippen molar-refractivity contribution in [2.24, 2.45) is 4.99 Å². The number of methoxy groups -OCH3 is 1. The van der Waals surface area contributed by atoms with Gasteiger partial charge in [0.15, 0.2) is 11.6 Å². The maximum Gasteiger partial charge on any atom is 0.235 e. The van der Waals surface area contributed by atoms with Crippen molar-refractivity contribution in [2.45, 2.75) is 31.2 Å². The maximum atomic E-state index is 14.2. The molecule has 0 aromatic heterocycles. The van der Waals surface area contributed by atoms with Crippen LogP contribution in [0.1, 0.15) is 31.2 Å². The lowest BCUT2D eigenvalue weighted by Crippen LogP contribution is -2.21. The first-order valence-corrected chi connectivity index (χ1v) is 5.75. The molecule has 1 saturated carbocycles. The van der Waals surface area contributed by atoms with Crippen LogP contribution in [-0.2, 0) is 10.3 Å². The number of rotatable bonds is 3. The van der Waals surface area contributed by atoms with E-state index in [9.17, 15) is 13.6 Å². The van der Waals surface area contributed by atoms with Crippen LogP contribution in [0.3, 0.4) is 0 Å². The van der Waals surface area contributed by atoms with Crippen molar-refractivity contribution in [1.82, 2.24) is 0 Å². The summed E-state index contributed by atoms with van der Waals surface area (Å²) in [6.07, 6.45) is 4.16. The predicted octanol–water partition coefficient (Wildman–Crippen LogP) is 3.08. The normalized spacial score (nSPS) is 17.3. The number of nitrogens with zero attached hydrogens (tertiary/aromatic N) is 1. The zero-order valence-electron chi connectivity index (χ0n) is 10.0. The molecule has 0 N–H and O–H groups in total. The molecule has 18 heavy (non-hydrogen) atoms. The van der Waals surface area contributed by atoms with Gasteiger partial charge in [-0.2, -0.15) is 4.99 Å². The Balaban J connectivity index is 2.61. The summed E-state index contributed by atoms with van der Waals surface area (Å²) in [7, 11) is 1.27. The number of benzene rings is 1. The van der Waals surface area contributed by atoms with Crippen molar-refractivity contribution < 1.29 is 18.3 Å². The van der Waals surface area contributed by atoms with Crippen molar-refractivity contribution in [3.8, 4) is 5.75 Å². The van der Waals surface area contributed by atoms with Crippen molar-refractivity contribution in [2.75, 3.05) is 7.11 Å². The summed E-state index contributed by atoms with van der Waals surface area (Å²) in [6.45, 7) is 0. The molecule has 5 heteroatoms. The molecular weight excluding hydrogens is 240 g/mol. The van der Waals surface area contributed by atoms with Crippen LogP contribution < -0.4 is 4.74 Å². The van der Waals surface area contributed by atoms with Gasteiger partial charge in [-0.15, -0.1) is 0 Å². The highest BCUT2D eigenvalue weighted by Gasteiger charge is 2.39. The third-order valence-electron chi connectivity index (χ3n) is 3.42. The summed E-state index contributed by atoms with van der Waals surface area (Å²) >= 11 is 0. The zero-order valence-corrected chi connectivity index (χ0v) is 10.0. The fourth-order valence-electron chi connectivity index (χ4n) is 2.54. The first-order valence-electron chi connectivity index (χ1n) is 5.75. The molecule has 1 aromatic rings. The molecule has 0 aliphatic heterocycles. The molecular formula is C13H13F2NO2. The van der Waals surface area contributed by atoms with Gasteiger partial charge in [0.05, 0.1) is 7.11 Å². The van der Waals surface area contributed by atoms with Gasteiger partial charge in [-0.1, -0.05) is 12.8 Å². The minimum absolute atomic E-state index is 0.0835. The van der Waals surface area contributed by atoms with Crippen molar-refractivity contribution in [3.63, 3.8) is 0 Å². The number of aliphatic imine (C=N–C) groups is 1. The molecule has 0 atom stereocenters. The number of carbonyl (C=O) groups excluding carboxylic acids is 1. The van der Waals surface area contributed by atoms with E-state index in [1.54, 1.807) is 0 Å². The Labute approximate surface area is 103 Å². The fraction of sp³-hybridized carbons (Fsp3) is 0.462. The lowest BCUT2D eigenvalue weighted by atomic mass is 9.88. The van der Waals surface area contributed by atoms with Crippen LogP contribution in [-0.4, -0.2) is 13.2 Å². The predicted molar refractivity (Wildman–Crippen MR) is 61.2 cm³/mol. The third kappa shape index (κ3) is 2.02. The van der Waals surface area contributed by atoms with Gasteiger partial charge in [0, 0.05) is 11.6 Å². The van der Waals surface area contributed by atoms with E-state index in [1.807, 2.05) is 0 Å². The lowest BCUT2D eigenvalue weighted by molar-refractivity contribution is 0.363. The zero-order chi connectivity index (χ0) is 13.2. The first-order chi connectivity index (χ1) is 8.63. The molecule has 0 spiro atoms. The maximum absolute atomic E-state index is 14.2. The minimum atomic E-state index is -0.985. The molecule has 1 fully saturated rings. The highest BCUT2D eigenvalue weighted by Crippen LogP contribution is 2.44. The highest BCUT2D eigenvalue weighted by atomic mass is 19.1. The van der Waals surface area contributed by atoms with E-state index in [0.717, 1.165) is 25.0 Å². The summed E-state index contributed by atoms with van der Waals surface area (Å²) in [5.41, 5.74) is -0.901. The second kappa shape index (κ2) is 4.86. The van der Waals surface area contributed by atoms with Gasteiger partial charge in [-0.05, 0) is 18.9 Å². The summed E-state index contributed by atoms with van der Waals surface area (Å²) in [6, 6.07) is 2.07. The van der Waals surface area contributed by atoms with Crippen LogP contribution in [0.4, 0.5) is 8.78 Å². The molecule has 1 aromatic carbocycles. The Bertz CT molecular complexity index is 504. The number of hydrogen-bond acceptors (Lipinski definition) is 3. The summed E-state index contributed by atoms with van der Waals surface area (Å²) < 4.78 is 32.5. The molecule has 1 aliphatic rings. The van der Waals surface area contributed by atoms with E-state index in [4.69, 9.17) is 4.74 Å². The molecule has 0 radical (unpaired) electrons. The van der Waals surface area contributed by atoms with Crippen molar-refractivity contribution >= 4 is 6.08 Å². The fourth-order valence-corrected chi connectivity index (χ4v) is 2.54. The third-order valence-corrected chi connectivity index (χ3v) is 3.42. The van der Waals surface area contributed by atoms with Crippen LogP contribution >= 0.6 is 0 Å². The average Bonchev–Trinajstić information content (AvgIpc) is 2.81. The van der Waals surface area contributed by atoms with Gasteiger partial charge in [-0.25, -0.2) is 13.6 Å². The number of isocyanates is 1. The summed E-state index contributed by atoms with van der Waals surface area (Å²) in [5, 5.41) is 0. The van der Waals surface area contributed by atoms with Crippen LogP contribution in [0.2, 0.25) is 0 Å². The van der Waals surface area contributed by atoms with Gasteiger partial charge >= 0.3 is 0 Å². The van der Waals surface area contributed by atoms with Crippen LogP contribution in [0.25, 0.3) is 0 Å². The second-order valence-electron chi connectivity index (χ2n) is 4.41. The Hall–Kier alpha value is -1.74. The van der Waals surface area contributed by atoms with Gasteiger partial charge in [0.25, 0.3) is 0 Å². The summed E-state index contributed by atoms with van der Waals surface area (Å²) in [5.74, 6) is -1.42. The molecule has 96 valence electrons. The quantitative estimate of drug-likeness (QED) is 0.613. The Kier molecular flexibility index (Phi) is 3.43. The van der Waals surface area contributed by atoms with Gasteiger partial charge in [0.1, 0.15) is 11.4 Å². The van der Waals surface area contributed by atoms with Crippen molar-refractivity contribution in [1.29, 1.82) is 0 Å². The van der Waals surface area contributed by atoms with E-state index >= 15 is 0 Å². The Morgan fingerprint density at radius 1 is 1.33 bits per heavy atom. The molecule has 0 bridgehead atoms. The molecule has 2 rings (SSSR count). The van der Waals surface area contributed by atoms with E-state index in [1.165, 1.54) is 13.2 Å². The highest BCUT2D eigenvalue weighted by molar-refractivity contribution is 5.42. The molecule has 3 nitrogen and oxygen atoms in total. The topological polar surface area (TPSA) is 38.7 Å². The van der Waals surface area contributed by atoms with Crippen LogP contribution in [0.15, 0.2) is 17.1 Å². The van der Waals surface area contributed by atoms with Crippen LogP contribution in [0.5, 0.6) is 5.75 Å². The standard InChI is InChI=1S/C13H13F2NO2/c1-18-11-7-9(14)6-10(12(11)15)13(16-8-17)4-2-3-5-13/h6-7H,2-5H2,1H3. The van der Waals surface area contributed by atoms with Crippen LogP contribution in [0, 0.1) is 11.6 Å². The molecule has 0 saturated heterocycles. The first kappa shape index (κ1) is 12.7. The Morgan fingerprint density at radius 3 is 2.56 bits per heavy atom. The van der Waals surface area contributed by atoms with E-state index in [2.05, 4.69) is 4.99 Å².